The molecule has 22 heavy (non-hydrogen) atoms. The normalized spacial score (nSPS) is 10.8. The summed E-state index contributed by atoms with van der Waals surface area (Å²) >= 11 is 5.83. The molecule has 0 aliphatic heterocycles. The fraction of sp³-hybridized carbons (Fsp3) is 0.0588. The van der Waals surface area contributed by atoms with Crippen LogP contribution < -0.4 is 4.74 Å². The van der Waals surface area contributed by atoms with E-state index in [2.05, 4.69) is 6.07 Å². The van der Waals surface area contributed by atoms with E-state index >= 15 is 0 Å². The smallest absolute Gasteiger partial charge is 0.341 e. The van der Waals surface area contributed by atoms with Gasteiger partial charge in [0.15, 0.2) is 6.61 Å². The van der Waals surface area contributed by atoms with Gasteiger partial charge in [0.05, 0.1) is 11.6 Å². The second kappa shape index (κ2) is 7.30. The topological polar surface area (TPSA) is 70.3 Å². The van der Waals surface area contributed by atoms with Crippen molar-refractivity contribution in [2.45, 2.75) is 0 Å². The highest BCUT2D eigenvalue weighted by Crippen LogP contribution is 2.21. The van der Waals surface area contributed by atoms with E-state index < -0.39 is 5.97 Å². The van der Waals surface area contributed by atoms with Gasteiger partial charge < -0.3 is 9.84 Å². The Bertz CT molecular complexity index is 728. The van der Waals surface area contributed by atoms with E-state index in [0.29, 0.717) is 16.3 Å². The van der Waals surface area contributed by atoms with Gasteiger partial charge in [-0.1, -0.05) is 35.9 Å². The Morgan fingerprint density at radius 1 is 1.18 bits per heavy atom. The SMILES string of the molecule is N#CC(=Cc1ccc(OCC(=O)O)cc1)c1ccc(Cl)cc1. The number of carboxylic acids is 1. The van der Waals surface area contributed by atoms with Gasteiger partial charge in [0.2, 0.25) is 0 Å². The molecule has 5 heteroatoms. The molecule has 110 valence electrons. The van der Waals surface area contributed by atoms with Crippen LogP contribution in [0.3, 0.4) is 0 Å². The zero-order valence-corrected chi connectivity index (χ0v) is 12.2. The zero-order valence-electron chi connectivity index (χ0n) is 11.5. The Morgan fingerprint density at radius 2 is 1.82 bits per heavy atom. The lowest BCUT2D eigenvalue weighted by Crippen LogP contribution is -2.09. The maximum absolute atomic E-state index is 10.4. The van der Waals surface area contributed by atoms with E-state index in [1.807, 2.05) is 0 Å². The summed E-state index contributed by atoms with van der Waals surface area (Å²) in [5.74, 6) is -0.567. The molecule has 2 aromatic carbocycles. The Balaban J connectivity index is 2.18. The predicted molar refractivity (Wildman–Crippen MR) is 84.5 cm³/mol. The highest BCUT2D eigenvalue weighted by atomic mass is 35.5. The molecule has 0 saturated carbocycles. The van der Waals surface area contributed by atoms with Crippen LogP contribution in [0, 0.1) is 11.3 Å². The van der Waals surface area contributed by atoms with Crippen LogP contribution in [0.25, 0.3) is 11.6 Å². The molecule has 0 amide bonds. The molecule has 0 bridgehead atoms. The largest absolute Gasteiger partial charge is 0.482 e. The third-order valence-electron chi connectivity index (χ3n) is 2.83. The number of allylic oxidation sites excluding steroid dienone is 1. The number of halogens is 1. The summed E-state index contributed by atoms with van der Waals surface area (Å²) < 4.78 is 5.05. The lowest BCUT2D eigenvalue weighted by atomic mass is 10.0. The van der Waals surface area contributed by atoms with E-state index in [-0.39, 0.29) is 6.61 Å². The van der Waals surface area contributed by atoms with Gasteiger partial charge >= 0.3 is 5.97 Å². The molecule has 4 nitrogen and oxygen atoms in total. The van der Waals surface area contributed by atoms with Crippen molar-refractivity contribution in [2.75, 3.05) is 6.61 Å². The van der Waals surface area contributed by atoms with E-state index in [1.165, 1.54) is 0 Å². The quantitative estimate of drug-likeness (QED) is 0.672. The molecule has 2 rings (SSSR count). The maximum Gasteiger partial charge on any atom is 0.341 e. The number of carboxylic acid groups (broad SMARTS) is 1. The van der Waals surface area contributed by atoms with Crippen LogP contribution >= 0.6 is 11.6 Å². The van der Waals surface area contributed by atoms with Crippen LogP contribution in [-0.4, -0.2) is 17.7 Å². The lowest BCUT2D eigenvalue weighted by molar-refractivity contribution is -0.139. The van der Waals surface area contributed by atoms with Crippen molar-refractivity contribution < 1.29 is 14.6 Å². The molecular formula is C17H12ClNO3. The van der Waals surface area contributed by atoms with Crippen LogP contribution in [0.4, 0.5) is 0 Å². The summed E-state index contributed by atoms with van der Waals surface area (Å²) in [4.78, 5) is 10.4. The first-order valence-corrected chi connectivity index (χ1v) is 6.78. The first-order valence-electron chi connectivity index (χ1n) is 6.41. The van der Waals surface area contributed by atoms with Crippen LogP contribution in [-0.2, 0) is 4.79 Å². The first kappa shape index (κ1) is 15.6. The predicted octanol–water partition coefficient (Wildman–Crippen LogP) is 3.87. The van der Waals surface area contributed by atoms with Gasteiger partial charge in [0.25, 0.3) is 0 Å². The van der Waals surface area contributed by atoms with Crippen LogP contribution in [0.2, 0.25) is 5.02 Å². The number of benzene rings is 2. The summed E-state index contributed by atoms with van der Waals surface area (Å²) in [5, 5.41) is 18.4. The van der Waals surface area contributed by atoms with Crippen molar-refractivity contribution in [3.05, 3.63) is 64.7 Å². The number of carbonyl (C=O) groups is 1. The number of nitrogens with zero attached hydrogens (tertiary/aromatic N) is 1. The number of nitriles is 1. The average molecular weight is 314 g/mol. The van der Waals surface area contributed by atoms with E-state index in [4.69, 9.17) is 21.4 Å². The van der Waals surface area contributed by atoms with E-state index in [0.717, 1.165) is 11.1 Å². The number of rotatable bonds is 5. The standard InChI is InChI=1S/C17H12ClNO3/c18-15-5-3-13(4-6-15)14(10-19)9-12-1-7-16(8-2-12)22-11-17(20)21/h1-9H,11H2,(H,20,21). The lowest BCUT2D eigenvalue weighted by Gasteiger charge is -2.04. The molecule has 0 spiro atoms. The van der Waals surface area contributed by atoms with Gasteiger partial charge in [0.1, 0.15) is 5.75 Å². The molecule has 1 N–H and O–H groups in total. The first-order chi connectivity index (χ1) is 10.6. The Morgan fingerprint density at radius 3 is 2.36 bits per heavy atom. The molecule has 0 saturated heterocycles. The van der Waals surface area contributed by atoms with Crippen molar-refractivity contribution >= 4 is 29.2 Å². The summed E-state index contributed by atoms with van der Waals surface area (Å²) in [7, 11) is 0. The number of aliphatic carboxylic acids is 1. The van der Waals surface area contributed by atoms with Gasteiger partial charge in [-0.3, -0.25) is 0 Å². The zero-order chi connectivity index (χ0) is 15.9. The van der Waals surface area contributed by atoms with E-state index in [1.54, 1.807) is 54.6 Å². The molecule has 0 heterocycles. The monoisotopic (exact) mass is 313 g/mol. The third-order valence-corrected chi connectivity index (χ3v) is 3.08. The summed E-state index contributed by atoms with van der Waals surface area (Å²) in [6.45, 7) is -0.386. The maximum atomic E-state index is 10.4. The van der Waals surface area contributed by atoms with Gasteiger partial charge in [0, 0.05) is 5.02 Å². The molecule has 0 atom stereocenters. The Labute approximate surface area is 132 Å². The van der Waals surface area contributed by atoms with Gasteiger partial charge in [-0.25, -0.2) is 4.79 Å². The van der Waals surface area contributed by atoms with Gasteiger partial charge in [-0.2, -0.15) is 5.26 Å². The Hall–Kier alpha value is -2.77. The molecule has 0 radical (unpaired) electrons. The van der Waals surface area contributed by atoms with Crippen LogP contribution in [0.1, 0.15) is 11.1 Å². The van der Waals surface area contributed by atoms with Crippen molar-refractivity contribution in [1.29, 1.82) is 5.26 Å². The van der Waals surface area contributed by atoms with Crippen LogP contribution in [0.5, 0.6) is 5.75 Å². The molecule has 0 fully saturated rings. The minimum atomic E-state index is -1.03. The highest BCUT2D eigenvalue weighted by Gasteiger charge is 2.02. The molecule has 0 aliphatic rings. The molecule has 0 unspecified atom stereocenters. The fourth-order valence-corrected chi connectivity index (χ4v) is 1.91. The number of hydrogen-bond acceptors (Lipinski definition) is 3. The second-order valence-electron chi connectivity index (χ2n) is 4.43. The van der Waals surface area contributed by atoms with Gasteiger partial charge in [-0.05, 0) is 41.5 Å². The molecular weight excluding hydrogens is 302 g/mol. The van der Waals surface area contributed by atoms with Crippen molar-refractivity contribution in [3.8, 4) is 11.8 Å². The summed E-state index contributed by atoms with van der Waals surface area (Å²) in [6.07, 6.45) is 1.74. The third kappa shape index (κ3) is 4.37. The van der Waals surface area contributed by atoms with Crippen molar-refractivity contribution in [3.63, 3.8) is 0 Å². The number of hydrogen-bond donors (Lipinski definition) is 1. The highest BCUT2D eigenvalue weighted by molar-refractivity contribution is 6.30. The van der Waals surface area contributed by atoms with Crippen molar-refractivity contribution in [1.82, 2.24) is 0 Å². The molecule has 2 aromatic rings. The fourth-order valence-electron chi connectivity index (χ4n) is 1.78. The molecule has 0 aromatic heterocycles. The Kier molecular flexibility index (Phi) is 5.18. The molecule has 0 aliphatic carbocycles. The van der Waals surface area contributed by atoms with Gasteiger partial charge in [-0.15, -0.1) is 0 Å². The summed E-state index contributed by atoms with van der Waals surface area (Å²) in [6, 6.07) is 16.0. The minimum Gasteiger partial charge on any atom is -0.482 e. The minimum absolute atomic E-state index is 0.386. The van der Waals surface area contributed by atoms with E-state index in [9.17, 15) is 10.1 Å². The van der Waals surface area contributed by atoms with Crippen molar-refractivity contribution in [2.24, 2.45) is 0 Å². The second-order valence-corrected chi connectivity index (χ2v) is 4.86. The summed E-state index contributed by atoms with van der Waals surface area (Å²) in [5.41, 5.74) is 2.10. The van der Waals surface area contributed by atoms with Crippen LogP contribution in [0.15, 0.2) is 48.5 Å². The number of ether oxygens (including phenoxy) is 1. The average Bonchev–Trinajstić information content (AvgIpc) is 2.52.